The molecular formula is C60H107B2NSiZr2. The smallest absolute Gasteiger partial charge is 0.358 e. The predicted molar refractivity (Wildman–Crippen MR) is 306 cm³/mol. The standard InChI is InChI=1S/C35H46Si.C11H24BN.C6H13B.8CH3.2Zr/c1-3-4-5-6-7-16-25-36(2,34-30-21-12-8-17-26(30)27-18-9-13-22-31(27)34)35-32-23-14-10-19-28(32)29-20-11-15-24-33(29)35;1-10(2)13(11(3)4)12-8-6-5-7-9-12;1-7-5-3-2-4-6-7;;;;;;;;;;/h8-15,17-24,26-35H,3-7,16,25H2,1-2H3;10-11H,5-9H2,1-4H3;2-6H2,1H3;8*1H3;;/q;;;8*-1;2*+4. The molecule has 8 atom stereocenters. The van der Waals surface area contributed by atoms with Crippen LogP contribution in [0.15, 0.2) is 97.2 Å². The number of unbranched alkanes of at least 4 members (excludes halogenated alkanes) is 5. The molecule has 8 rings (SSSR count). The van der Waals surface area contributed by atoms with Crippen LogP contribution in [0.1, 0.15) is 112 Å². The topological polar surface area (TPSA) is 3.24 Å². The van der Waals surface area contributed by atoms with Crippen LogP contribution in [-0.2, 0) is 52.4 Å². The number of hydrogen-bond donors (Lipinski definition) is 0. The van der Waals surface area contributed by atoms with Crippen LogP contribution in [0.3, 0.4) is 0 Å². The van der Waals surface area contributed by atoms with Gasteiger partial charge in [-0.2, -0.15) is 0 Å². The van der Waals surface area contributed by atoms with Crippen molar-refractivity contribution in [1.82, 2.24) is 4.81 Å². The molecule has 8 unspecified atom stereocenters. The van der Waals surface area contributed by atoms with Crippen molar-refractivity contribution in [2.24, 2.45) is 47.3 Å². The van der Waals surface area contributed by atoms with Gasteiger partial charge in [-0.3, -0.25) is 0 Å². The van der Waals surface area contributed by atoms with Gasteiger partial charge in [0.2, 0.25) is 6.85 Å². The second kappa shape index (κ2) is 37.7. The third kappa shape index (κ3) is 18.6. The number of fused-ring (bicyclic) bond motifs is 6. The third-order valence-corrected chi connectivity index (χ3v) is 22.1. The minimum atomic E-state index is -1.73. The molecule has 2 saturated heterocycles. The summed E-state index contributed by atoms with van der Waals surface area (Å²) in [5.74, 6) is 5.66. The van der Waals surface area contributed by atoms with Gasteiger partial charge in [-0.25, -0.2) is 0 Å². The maximum atomic E-state index is 2.89. The van der Waals surface area contributed by atoms with Crippen molar-refractivity contribution in [1.29, 1.82) is 0 Å². The molecule has 2 saturated carbocycles. The molecule has 0 spiro atoms. The average molecular weight is 1070 g/mol. The Morgan fingerprint density at radius 2 is 0.727 bits per heavy atom. The van der Waals surface area contributed by atoms with Crippen molar-refractivity contribution in [2.45, 2.75) is 180 Å². The largest absolute Gasteiger partial charge is 4.00 e. The van der Waals surface area contributed by atoms with Crippen LogP contribution in [-0.4, -0.2) is 38.5 Å². The van der Waals surface area contributed by atoms with E-state index in [4.69, 9.17) is 0 Å². The fourth-order valence-corrected chi connectivity index (χ4v) is 20.8. The summed E-state index contributed by atoms with van der Waals surface area (Å²) >= 11 is 0. The Morgan fingerprint density at radius 3 is 1.02 bits per heavy atom. The second-order valence-corrected chi connectivity index (χ2v) is 25.3. The van der Waals surface area contributed by atoms with E-state index in [9.17, 15) is 0 Å². The van der Waals surface area contributed by atoms with Crippen molar-refractivity contribution in [2.75, 3.05) is 0 Å². The van der Waals surface area contributed by atoms with Crippen LogP contribution >= 0.6 is 0 Å². The Kier molecular flexibility index (Phi) is 42.8. The van der Waals surface area contributed by atoms with Crippen LogP contribution < -0.4 is 0 Å². The summed E-state index contributed by atoms with van der Waals surface area (Å²) in [5.41, 5.74) is 1.68. The monoisotopic (exact) mass is 1070 g/mol. The van der Waals surface area contributed by atoms with Crippen LogP contribution in [0.25, 0.3) is 0 Å². The van der Waals surface area contributed by atoms with Gasteiger partial charge in [0.15, 0.2) is 0 Å². The third-order valence-electron chi connectivity index (χ3n) is 16.1. The molecule has 0 amide bonds. The first kappa shape index (κ1) is 74.9. The first-order valence-electron chi connectivity index (χ1n) is 24.4. The summed E-state index contributed by atoms with van der Waals surface area (Å²) in [6, 6.07) is 2.93. The van der Waals surface area contributed by atoms with E-state index in [2.05, 4.69) is 150 Å². The number of allylic oxidation sites excluding steroid dienone is 16. The van der Waals surface area contributed by atoms with E-state index in [1.165, 1.54) is 108 Å². The fraction of sp³-hybridized carbons (Fsp3) is 0.600. The Hall–Kier alpha value is -0.00701. The molecule has 0 bridgehead atoms. The Balaban J connectivity index is -0.000000352. The number of rotatable bonds is 12. The minimum Gasteiger partial charge on any atom is -0.358 e. The van der Waals surface area contributed by atoms with E-state index in [-0.39, 0.29) is 112 Å². The molecule has 6 heteroatoms. The van der Waals surface area contributed by atoms with E-state index in [1.54, 1.807) is 0 Å². The minimum absolute atomic E-state index is 0. The zero-order valence-corrected chi connectivity index (χ0v) is 52.2. The van der Waals surface area contributed by atoms with Gasteiger partial charge in [-0.15, -0.1) is 0 Å². The SMILES string of the molecule is CB1CCCCC1.CC(C)N(B1CCCCC1)C(C)C.CCCCCCCC[Si](C)(C1C2C=CC=CC2C2C=CC=CC21)C1C2C=CC=CC2C2C=CC=CC21.[CH3-].[CH3-].[CH3-].[CH3-].[CH3-].[CH3-].[CH3-].[CH3-].[Zr+4].[Zr+4]. The number of hydrogen-bond acceptors (Lipinski definition) is 1. The summed E-state index contributed by atoms with van der Waals surface area (Å²) in [4.78, 5) is 2.69. The molecule has 8 aliphatic rings. The van der Waals surface area contributed by atoms with Gasteiger partial charge >= 0.3 is 52.4 Å². The Morgan fingerprint density at radius 1 is 0.439 bits per heavy atom. The van der Waals surface area contributed by atoms with Gasteiger partial charge in [-0.1, -0.05) is 254 Å². The molecule has 370 valence electrons. The van der Waals surface area contributed by atoms with E-state index < -0.39 is 8.07 Å². The summed E-state index contributed by atoms with van der Waals surface area (Å²) < 4.78 is 0. The summed E-state index contributed by atoms with van der Waals surface area (Å²) in [7, 11) is -1.73. The second-order valence-electron chi connectivity index (χ2n) is 20.4. The molecule has 0 N–H and O–H groups in total. The predicted octanol–water partition coefficient (Wildman–Crippen LogP) is 18.8. The van der Waals surface area contributed by atoms with Crippen LogP contribution in [0, 0.1) is 107 Å². The van der Waals surface area contributed by atoms with E-state index >= 15 is 0 Å². The number of nitrogens with zero attached hydrogens (tertiary/aromatic N) is 1. The van der Waals surface area contributed by atoms with Gasteiger partial charge in [0.25, 0.3) is 0 Å². The molecule has 0 aromatic heterocycles. The molecule has 0 radical (unpaired) electrons. The molecule has 4 fully saturated rings. The molecular weight excluding hydrogens is 967 g/mol. The molecule has 66 heavy (non-hydrogen) atoms. The summed E-state index contributed by atoms with van der Waals surface area (Å²) in [6.45, 7) is 18.8. The zero-order chi connectivity index (χ0) is 39.5. The first-order valence-corrected chi connectivity index (χ1v) is 27.3. The zero-order valence-electron chi connectivity index (χ0n) is 46.3. The average Bonchev–Trinajstić information content (AvgIpc) is 3.74. The molecule has 1 nitrogen and oxygen atoms in total. The molecule has 6 aliphatic carbocycles. The normalized spacial score (nSPS) is 29.2. The maximum absolute atomic E-state index is 2.89. The van der Waals surface area contributed by atoms with Crippen molar-refractivity contribution >= 4 is 21.6 Å². The van der Waals surface area contributed by atoms with Gasteiger partial charge in [0.05, 0.1) is 8.07 Å². The quantitative estimate of drug-likeness (QED) is 0.107. The molecule has 0 aromatic rings. The van der Waals surface area contributed by atoms with Crippen LogP contribution in [0.5, 0.6) is 0 Å². The fourth-order valence-electron chi connectivity index (χ4n) is 13.8. The van der Waals surface area contributed by atoms with Gasteiger partial charge in [0, 0.05) is 0 Å². The van der Waals surface area contributed by atoms with E-state index in [0.29, 0.717) is 35.8 Å². The van der Waals surface area contributed by atoms with Crippen molar-refractivity contribution in [3.8, 4) is 0 Å². The summed E-state index contributed by atoms with van der Waals surface area (Å²) in [5, 5.41) is 0. The van der Waals surface area contributed by atoms with E-state index in [0.717, 1.165) is 48.3 Å². The maximum Gasteiger partial charge on any atom is 4.00 e. The van der Waals surface area contributed by atoms with Gasteiger partial charge in [0.1, 0.15) is 6.71 Å². The van der Waals surface area contributed by atoms with Crippen molar-refractivity contribution in [3.63, 3.8) is 0 Å². The first-order chi connectivity index (χ1) is 27.3. The Labute approximate surface area is 458 Å². The van der Waals surface area contributed by atoms with Gasteiger partial charge in [-0.05, 0) is 70.5 Å². The van der Waals surface area contributed by atoms with Crippen molar-refractivity contribution in [3.05, 3.63) is 157 Å². The van der Waals surface area contributed by atoms with E-state index in [1.807, 2.05) is 0 Å². The van der Waals surface area contributed by atoms with Crippen LogP contribution in [0.2, 0.25) is 55.8 Å². The molecule has 2 heterocycles. The molecule has 0 aromatic carbocycles. The molecule has 2 aliphatic heterocycles. The van der Waals surface area contributed by atoms with Gasteiger partial charge < -0.3 is 64.2 Å². The van der Waals surface area contributed by atoms with Crippen molar-refractivity contribution < 1.29 is 52.4 Å². The van der Waals surface area contributed by atoms with Crippen LogP contribution in [0.4, 0.5) is 0 Å². The Bertz CT molecular complexity index is 1300. The summed E-state index contributed by atoms with van der Waals surface area (Å²) in [6.07, 6.45) is 62.8.